The van der Waals surface area contributed by atoms with Crippen molar-refractivity contribution in [2.75, 3.05) is 60.1 Å². The highest BCUT2D eigenvalue weighted by Crippen LogP contribution is 2.44. The molecule has 0 atom stereocenters. The molecule has 0 radical (unpaired) electrons. The molecule has 0 saturated carbocycles. The number of phenolic OH excluding ortho intramolecular Hbond substituents is 1. The Kier molecular flexibility index (Phi) is 21.6. The van der Waals surface area contributed by atoms with E-state index in [9.17, 15) is 23.8 Å². The standard InChI is InChI=1S/C24H39O6PSi.C17H23O8P.2CH4/c1-9-18(14-28-16-31(4,5)26)10-11-19-22(27-3)17(2)20-15-30-24(25)21(20)23(19)29-12-13-32(6,7)8;1-4-11(7-24-9-26(20,21)22)5-6-12-15(18)14-13(8-25-17(14)19)10(2)16(12)23-3;;/h10H,9,11-16H2,1-8H3;5,18H,4,6-9H2,1-3H3,(H2,20,21,22);2*1H4/b18-10+;11-5+;;. The Balaban J connectivity index is 0.000000592. The molecule has 0 spiro atoms. The Labute approximate surface area is 358 Å². The third-order valence-electron chi connectivity index (χ3n) is 9.71. The summed E-state index contributed by atoms with van der Waals surface area (Å²) in [5, 5.41) is 10.5. The van der Waals surface area contributed by atoms with Gasteiger partial charge in [0.1, 0.15) is 60.8 Å². The Morgan fingerprint density at radius 2 is 1.20 bits per heavy atom. The summed E-state index contributed by atoms with van der Waals surface area (Å²) in [7, 11) is -4.59. The van der Waals surface area contributed by atoms with Gasteiger partial charge in [-0.2, -0.15) is 0 Å². The van der Waals surface area contributed by atoms with Crippen LogP contribution in [0, 0.1) is 13.8 Å². The molecule has 2 aromatic rings. The molecule has 0 saturated heterocycles. The minimum atomic E-state index is -4.21. The number of aromatic hydroxyl groups is 1. The van der Waals surface area contributed by atoms with Crippen molar-refractivity contribution in [3.8, 4) is 23.0 Å². The maximum Gasteiger partial charge on any atom is 0.350 e. The van der Waals surface area contributed by atoms with Gasteiger partial charge in [-0.1, -0.05) is 60.5 Å². The van der Waals surface area contributed by atoms with E-state index in [1.165, 1.54) is 7.11 Å². The Hall–Kier alpha value is -3.42. The Morgan fingerprint density at radius 1 is 0.750 bits per heavy atom. The number of allylic oxidation sites excluding steroid dienone is 2. The van der Waals surface area contributed by atoms with Crippen molar-refractivity contribution in [1.29, 1.82) is 0 Å². The molecule has 340 valence electrons. The molecule has 14 nitrogen and oxygen atoms in total. The van der Waals surface area contributed by atoms with Gasteiger partial charge >= 0.3 is 19.5 Å². The number of cyclic esters (lactones) is 2. The van der Waals surface area contributed by atoms with Crippen LogP contribution in [0.1, 0.15) is 95.6 Å². The van der Waals surface area contributed by atoms with Crippen molar-refractivity contribution < 1.29 is 66.8 Å². The zero-order valence-electron chi connectivity index (χ0n) is 35.9. The van der Waals surface area contributed by atoms with Gasteiger partial charge in [-0.05, 0) is 81.2 Å². The molecule has 2 aliphatic heterocycles. The normalized spacial score (nSPS) is 13.9. The maximum atomic E-state index is 12.6. The average molecular weight is 901 g/mol. The molecule has 0 amide bonds. The van der Waals surface area contributed by atoms with Gasteiger partial charge in [0.05, 0.1) is 40.4 Å². The molecule has 2 aliphatic rings. The van der Waals surface area contributed by atoms with Crippen molar-refractivity contribution >= 4 is 34.8 Å². The molecular formula is C43H70O14P2Si. The van der Waals surface area contributed by atoms with E-state index >= 15 is 0 Å². The number of fused-ring (bicyclic) bond motifs is 2. The monoisotopic (exact) mass is 900 g/mol. The number of carbonyl (C=O) groups is 2. The number of methoxy groups -OCH3 is 2. The quantitative estimate of drug-likeness (QED) is 0.0492. The fraction of sp³-hybridized carbons (Fsp3) is 0.581. The Morgan fingerprint density at radius 3 is 1.65 bits per heavy atom. The number of rotatable bonds is 20. The van der Waals surface area contributed by atoms with E-state index in [1.807, 2.05) is 13.8 Å². The van der Waals surface area contributed by atoms with Crippen LogP contribution in [0.25, 0.3) is 0 Å². The second-order valence-electron chi connectivity index (χ2n) is 16.0. The minimum absolute atomic E-state index is 0. The van der Waals surface area contributed by atoms with Crippen molar-refractivity contribution in [2.45, 2.75) is 107 Å². The molecule has 0 bridgehead atoms. The van der Waals surface area contributed by atoms with Gasteiger partial charge in [-0.3, -0.25) is 4.57 Å². The zero-order valence-corrected chi connectivity index (χ0v) is 38.7. The van der Waals surface area contributed by atoms with Crippen LogP contribution in [0.5, 0.6) is 23.0 Å². The summed E-state index contributed by atoms with van der Waals surface area (Å²) in [6, 6.07) is 0.991. The van der Waals surface area contributed by atoms with E-state index < -0.39 is 35.1 Å². The lowest BCUT2D eigenvalue weighted by Crippen LogP contribution is -2.23. The molecule has 0 fully saturated rings. The van der Waals surface area contributed by atoms with Crippen LogP contribution in [-0.4, -0.2) is 95.0 Å². The van der Waals surface area contributed by atoms with Gasteiger partial charge in [0.25, 0.3) is 0 Å². The van der Waals surface area contributed by atoms with Crippen molar-refractivity contribution in [2.24, 2.45) is 0 Å². The number of esters is 2. The van der Waals surface area contributed by atoms with Crippen LogP contribution < -0.4 is 14.2 Å². The van der Waals surface area contributed by atoms with Crippen LogP contribution in [-0.2, 0) is 54.1 Å². The molecule has 17 heteroatoms. The molecular weight excluding hydrogens is 830 g/mol. The third kappa shape index (κ3) is 15.2. The molecule has 2 heterocycles. The molecule has 0 unspecified atom stereocenters. The summed E-state index contributed by atoms with van der Waals surface area (Å²) in [6.45, 7) is 19.5. The van der Waals surface area contributed by atoms with Crippen molar-refractivity contribution in [3.05, 3.63) is 67.8 Å². The number of hydrogen-bond donors (Lipinski definition) is 3. The number of phenols is 1. The first-order chi connectivity index (χ1) is 27.1. The summed E-state index contributed by atoms with van der Waals surface area (Å²) >= 11 is 0. The van der Waals surface area contributed by atoms with E-state index in [1.54, 1.807) is 33.4 Å². The maximum absolute atomic E-state index is 12.6. The van der Waals surface area contributed by atoms with E-state index in [0.29, 0.717) is 54.2 Å². The van der Waals surface area contributed by atoms with Crippen LogP contribution in [0.4, 0.5) is 0 Å². The number of ether oxygens (including phenoxy) is 7. The highest BCUT2D eigenvalue weighted by molar-refractivity contribution is 7.62. The topological polar surface area (TPSA) is 194 Å². The predicted octanol–water partition coefficient (Wildman–Crippen LogP) is 9.55. The molecule has 0 aliphatic carbocycles. The highest BCUT2D eigenvalue weighted by Gasteiger charge is 2.34. The summed E-state index contributed by atoms with van der Waals surface area (Å²) < 4.78 is 61.3. The number of hydrogen-bond acceptors (Lipinski definition) is 12. The minimum Gasteiger partial charge on any atom is -0.507 e. The van der Waals surface area contributed by atoms with Crippen molar-refractivity contribution in [3.63, 3.8) is 0 Å². The third-order valence-corrected chi connectivity index (χ3v) is 12.7. The summed E-state index contributed by atoms with van der Waals surface area (Å²) in [6.07, 6.45) is 5.77. The lowest BCUT2D eigenvalue weighted by Gasteiger charge is -2.21. The van der Waals surface area contributed by atoms with Gasteiger partial charge < -0.3 is 52.6 Å². The second-order valence-corrected chi connectivity index (χ2v) is 26.6. The predicted molar refractivity (Wildman–Crippen MR) is 240 cm³/mol. The van der Waals surface area contributed by atoms with E-state index in [0.717, 1.165) is 51.6 Å². The van der Waals surface area contributed by atoms with Gasteiger partial charge in [-0.15, -0.1) is 0 Å². The van der Waals surface area contributed by atoms with Crippen LogP contribution >= 0.6 is 14.7 Å². The van der Waals surface area contributed by atoms with E-state index in [-0.39, 0.29) is 64.7 Å². The van der Waals surface area contributed by atoms with Gasteiger partial charge in [0.2, 0.25) is 0 Å². The average Bonchev–Trinajstić information content (AvgIpc) is 3.72. The first-order valence-electron chi connectivity index (χ1n) is 19.3. The van der Waals surface area contributed by atoms with Crippen molar-refractivity contribution in [1.82, 2.24) is 0 Å². The summed E-state index contributed by atoms with van der Waals surface area (Å²) in [5.41, 5.74) is 7.07. The number of carbonyl (C=O) groups excluding carboxylic acids is 2. The summed E-state index contributed by atoms with van der Waals surface area (Å²) in [4.78, 5) is 42.1. The van der Waals surface area contributed by atoms with Gasteiger partial charge in [0.15, 0.2) is 0 Å². The molecule has 2 aromatic carbocycles. The zero-order chi connectivity index (χ0) is 43.6. The SMILES string of the molecule is C.C.CC/C(=C\Cc1c(O)c2c(c(C)c1OC)COC2=O)COCP(=O)(O)O.CC/C(=C\Cc1c(OC)c(C)c2c(c1OCC[Si](C)(C)C)C(=O)OC2)COCP(C)(C)=O. The first-order valence-corrected chi connectivity index (χ1v) is 27.6. The van der Waals surface area contributed by atoms with E-state index in [4.69, 9.17) is 42.9 Å². The fourth-order valence-electron chi connectivity index (χ4n) is 6.45. The largest absolute Gasteiger partial charge is 0.507 e. The van der Waals surface area contributed by atoms with E-state index in [2.05, 4.69) is 32.6 Å². The Bertz CT molecular complexity index is 1970. The van der Waals surface area contributed by atoms with Gasteiger partial charge in [-0.25, -0.2) is 9.59 Å². The van der Waals surface area contributed by atoms with Gasteiger partial charge in [0, 0.05) is 30.3 Å². The lowest BCUT2D eigenvalue weighted by atomic mass is 9.94. The van der Waals surface area contributed by atoms with Crippen LogP contribution in [0.3, 0.4) is 0 Å². The smallest absolute Gasteiger partial charge is 0.350 e. The number of benzene rings is 2. The highest BCUT2D eigenvalue weighted by atomic mass is 31.2. The van der Waals surface area contributed by atoms with Crippen LogP contribution in [0.2, 0.25) is 25.7 Å². The summed E-state index contributed by atoms with van der Waals surface area (Å²) in [5.74, 6) is 0.760. The lowest BCUT2D eigenvalue weighted by molar-refractivity contribution is 0.0523. The van der Waals surface area contributed by atoms with Crippen LogP contribution in [0.15, 0.2) is 23.3 Å². The molecule has 0 aromatic heterocycles. The molecule has 4 rings (SSSR count). The molecule has 60 heavy (non-hydrogen) atoms. The first kappa shape index (κ1) is 54.6. The fourth-order valence-corrected chi connectivity index (χ4v) is 8.03. The molecule has 3 N–H and O–H groups in total. The second kappa shape index (κ2) is 23.7.